The number of nitrogens with zero attached hydrogens (tertiary/aromatic N) is 2. The van der Waals surface area contributed by atoms with E-state index < -0.39 is 0 Å². The van der Waals surface area contributed by atoms with Crippen molar-refractivity contribution in [3.63, 3.8) is 0 Å². The molecule has 1 N–H and O–H groups in total. The van der Waals surface area contributed by atoms with Crippen LogP contribution in [0.1, 0.15) is 21.6 Å². The largest absolute Gasteiger partial charge is 0.322 e. The molecule has 0 saturated heterocycles. The minimum Gasteiger partial charge on any atom is -0.322 e. The van der Waals surface area contributed by atoms with Gasteiger partial charge in [0.25, 0.3) is 5.91 Å². The molecule has 0 unspecified atom stereocenters. The molecule has 2 aromatic heterocycles. The van der Waals surface area contributed by atoms with Gasteiger partial charge in [-0.2, -0.15) is 0 Å². The average molecular weight is 277 g/mol. The van der Waals surface area contributed by atoms with Gasteiger partial charge in [-0.15, -0.1) is 0 Å². The Kier molecular flexibility index (Phi) is 3.36. The van der Waals surface area contributed by atoms with Gasteiger partial charge in [-0.1, -0.05) is 18.2 Å². The number of fused-ring (bicyclic) bond motifs is 1. The number of aryl methyl sites for hydroxylation is 2. The number of benzene rings is 1. The first-order valence-corrected chi connectivity index (χ1v) is 6.74. The fourth-order valence-corrected chi connectivity index (χ4v) is 2.23. The molecule has 0 saturated carbocycles. The summed E-state index contributed by atoms with van der Waals surface area (Å²) in [6.07, 6.45) is 1.70. The molecule has 3 aromatic rings. The zero-order valence-corrected chi connectivity index (χ0v) is 11.9. The first-order valence-electron chi connectivity index (χ1n) is 6.74. The highest BCUT2D eigenvalue weighted by Gasteiger charge is 2.13. The molecule has 0 fully saturated rings. The van der Waals surface area contributed by atoms with Gasteiger partial charge in [0.1, 0.15) is 0 Å². The van der Waals surface area contributed by atoms with E-state index in [4.69, 9.17) is 0 Å². The topological polar surface area (TPSA) is 54.9 Å². The third-order valence-electron chi connectivity index (χ3n) is 3.42. The van der Waals surface area contributed by atoms with Crippen molar-refractivity contribution in [3.05, 3.63) is 65.5 Å². The fourth-order valence-electron chi connectivity index (χ4n) is 2.23. The summed E-state index contributed by atoms with van der Waals surface area (Å²) in [6, 6.07) is 13.3. The predicted octanol–water partition coefficient (Wildman–Crippen LogP) is 3.50. The van der Waals surface area contributed by atoms with Crippen LogP contribution in [-0.2, 0) is 0 Å². The molecule has 0 aliphatic carbocycles. The Bertz CT molecular complexity index is 827. The highest BCUT2D eigenvalue weighted by Crippen LogP contribution is 2.18. The lowest BCUT2D eigenvalue weighted by Crippen LogP contribution is -2.15. The summed E-state index contributed by atoms with van der Waals surface area (Å²) < 4.78 is 0. The molecule has 0 spiro atoms. The summed E-state index contributed by atoms with van der Waals surface area (Å²) in [4.78, 5) is 21.0. The van der Waals surface area contributed by atoms with Crippen molar-refractivity contribution < 1.29 is 4.79 Å². The molecule has 2 heterocycles. The van der Waals surface area contributed by atoms with Crippen LogP contribution >= 0.6 is 0 Å². The van der Waals surface area contributed by atoms with Gasteiger partial charge in [-0.3, -0.25) is 4.79 Å². The summed E-state index contributed by atoms with van der Waals surface area (Å²) in [5.74, 6) is -0.153. The molecular weight excluding hydrogens is 262 g/mol. The third-order valence-corrected chi connectivity index (χ3v) is 3.42. The van der Waals surface area contributed by atoms with Crippen LogP contribution in [0.5, 0.6) is 0 Å². The molecule has 1 amide bonds. The molecule has 104 valence electrons. The number of carbonyl (C=O) groups excluding carboxylic acids is 1. The van der Waals surface area contributed by atoms with Gasteiger partial charge in [-0.25, -0.2) is 9.97 Å². The number of hydrogen-bond acceptors (Lipinski definition) is 3. The number of para-hydroxylation sites is 1. The van der Waals surface area contributed by atoms with Gasteiger partial charge in [-0.05, 0) is 43.7 Å². The van der Waals surface area contributed by atoms with Gasteiger partial charge in [0.2, 0.25) is 0 Å². The average Bonchev–Trinajstić information content (AvgIpc) is 2.49. The second-order valence-corrected chi connectivity index (χ2v) is 4.94. The maximum absolute atomic E-state index is 12.5. The molecule has 0 aliphatic heterocycles. The zero-order valence-electron chi connectivity index (χ0n) is 11.9. The number of amides is 1. The van der Waals surface area contributed by atoms with Gasteiger partial charge < -0.3 is 5.32 Å². The molecular formula is C17H15N3O. The van der Waals surface area contributed by atoms with Crippen LogP contribution in [0.15, 0.2) is 48.7 Å². The van der Waals surface area contributed by atoms with Crippen LogP contribution in [0.2, 0.25) is 0 Å². The monoisotopic (exact) mass is 277 g/mol. The lowest BCUT2D eigenvalue weighted by molar-refractivity contribution is 0.102. The van der Waals surface area contributed by atoms with Crippen LogP contribution in [0.3, 0.4) is 0 Å². The molecule has 4 nitrogen and oxygen atoms in total. The molecule has 0 atom stereocenters. The maximum atomic E-state index is 12.5. The van der Waals surface area contributed by atoms with Gasteiger partial charge >= 0.3 is 0 Å². The number of nitrogens with one attached hydrogen (secondary N) is 1. The number of pyridine rings is 2. The van der Waals surface area contributed by atoms with Crippen LogP contribution in [0.25, 0.3) is 11.0 Å². The van der Waals surface area contributed by atoms with Crippen molar-refractivity contribution >= 4 is 22.6 Å². The smallest absolute Gasteiger partial charge is 0.257 e. The predicted molar refractivity (Wildman–Crippen MR) is 83.4 cm³/mol. The molecule has 21 heavy (non-hydrogen) atoms. The Morgan fingerprint density at radius 2 is 1.90 bits per heavy atom. The summed E-state index contributed by atoms with van der Waals surface area (Å²) in [6.45, 7) is 3.78. The highest BCUT2D eigenvalue weighted by atomic mass is 16.1. The van der Waals surface area contributed by atoms with Gasteiger partial charge in [0.05, 0.1) is 11.3 Å². The van der Waals surface area contributed by atoms with E-state index in [9.17, 15) is 4.79 Å². The van der Waals surface area contributed by atoms with E-state index in [2.05, 4.69) is 15.3 Å². The fraction of sp³-hybridized carbons (Fsp3) is 0.118. The molecule has 4 heteroatoms. The van der Waals surface area contributed by atoms with Crippen LogP contribution in [0, 0.1) is 13.8 Å². The Labute approximate surface area is 122 Å². The normalized spacial score (nSPS) is 10.6. The van der Waals surface area contributed by atoms with E-state index in [1.54, 1.807) is 6.20 Å². The van der Waals surface area contributed by atoms with Gasteiger partial charge in [0.15, 0.2) is 5.65 Å². The first-order chi connectivity index (χ1) is 10.1. The van der Waals surface area contributed by atoms with Crippen molar-refractivity contribution in [1.29, 1.82) is 0 Å². The number of anilines is 1. The Morgan fingerprint density at radius 3 is 2.71 bits per heavy atom. The summed E-state index contributed by atoms with van der Waals surface area (Å²) in [5, 5.41) is 3.79. The van der Waals surface area contributed by atoms with Crippen molar-refractivity contribution in [2.75, 3.05) is 5.32 Å². The van der Waals surface area contributed by atoms with Crippen molar-refractivity contribution in [2.24, 2.45) is 0 Å². The summed E-state index contributed by atoms with van der Waals surface area (Å²) in [5.41, 5.74) is 3.74. The lowest BCUT2D eigenvalue weighted by Gasteiger charge is -2.10. The lowest BCUT2D eigenvalue weighted by atomic mass is 10.1. The van der Waals surface area contributed by atoms with Crippen LogP contribution in [-0.4, -0.2) is 15.9 Å². The number of carbonyl (C=O) groups is 1. The molecule has 1 aromatic carbocycles. The van der Waals surface area contributed by atoms with E-state index in [-0.39, 0.29) is 5.91 Å². The number of aromatic nitrogens is 2. The number of rotatable bonds is 2. The van der Waals surface area contributed by atoms with E-state index in [0.717, 1.165) is 16.6 Å². The Morgan fingerprint density at radius 1 is 1.10 bits per heavy atom. The summed E-state index contributed by atoms with van der Waals surface area (Å²) in [7, 11) is 0. The first kappa shape index (κ1) is 13.2. The zero-order chi connectivity index (χ0) is 14.8. The van der Waals surface area contributed by atoms with E-state index in [1.165, 1.54) is 0 Å². The van der Waals surface area contributed by atoms with Crippen LogP contribution < -0.4 is 5.32 Å². The van der Waals surface area contributed by atoms with E-state index in [0.29, 0.717) is 16.9 Å². The van der Waals surface area contributed by atoms with Gasteiger partial charge in [0, 0.05) is 17.3 Å². The SMILES string of the molecule is Cc1ccccc1NC(=O)c1cc2cccnc2nc1C. The Balaban J connectivity index is 1.98. The van der Waals surface area contributed by atoms with Crippen molar-refractivity contribution in [1.82, 2.24) is 9.97 Å². The standard InChI is InChI=1S/C17H15N3O/c1-11-6-3-4-8-15(11)20-17(21)14-10-13-7-5-9-18-16(13)19-12(14)2/h3-10H,1-2H3,(H,20,21). The van der Waals surface area contributed by atoms with E-state index in [1.807, 2.05) is 56.3 Å². The van der Waals surface area contributed by atoms with Crippen molar-refractivity contribution in [3.8, 4) is 0 Å². The minimum absolute atomic E-state index is 0.153. The third kappa shape index (κ3) is 2.60. The minimum atomic E-state index is -0.153. The number of hydrogen-bond donors (Lipinski definition) is 1. The molecule has 0 aliphatic rings. The second kappa shape index (κ2) is 5.32. The summed E-state index contributed by atoms with van der Waals surface area (Å²) >= 11 is 0. The highest BCUT2D eigenvalue weighted by molar-refractivity contribution is 6.06. The molecule has 0 bridgehead atoms. The maximum Gasteiger partial charge on any atom is 0.257 e. The van der Waals surface area contributed by atoms with Crippen LogP contribution in [0.4, 0.5) is 5.69 Å². The van der Waals surface area contributed by atoms with E-state index >= 15 is 0 Å². The molecule has 3 rings (SSSR count). The second-order valence-electron chi connectivity index (χ2n) is 4.94. The quantitative estimate of drug-likeness (QED) is 0.780. The molecule has 0 radical (unpaired) electrons. The van der Waals surface area contributed by atoms with Crippen molar-refractivity contribution in [2.45, 2.75) is 13.8 Å². The Hall–Kier alpha value is -2.75.